The minimum Gasteiger partial charge on any atom is -0.379 e. The maximum atomic E-state index is 9.10. The van der Waals surface area contributed by atoms with Crippen molar-refractivity contribution in [2.75, 3.05) is 18.5 Å². The zero-order valence-corrected chi connectivity index (χ0v) is 13.6. The number of rotatable bonds is 7. The van der Waals surface area contributed by atoms with E-state index in [1.54, 1.807) is 18.5 Å². The Morgan fingerprint density at radius 1 is 1.33 bits per heavy atom. The molecule has 124 valence electrons. The number of hydrogen-bond acceptors (Lipinski definition) is 5. The molecule has 24 heavy (non-hydrogen) atoms. The maximum Gasteiger partial charge on any atom is 0.101 e. The number of aromatic nitrogens is 1. The fourth-order valence-electron chi connectivity index (χ4n) is 2.74. The van der Waals surface area contributed by atoms with E-state index in [4.69, 9.17) is 14.7 Å². The lowest BCUT2D eigenvalue weighted by Crippen LogP contribution is -2.13. The summed E-state index contributed by atoms with van der Waals surface area (Å²) in [5.41, 5.74) is 3.63. The molecule has 2 heterocycles. The van der Waals surface area contributed by atoms with Crippen LogP contribution in [0.1, 0.15) is 29.5 Å². The minimum atomic E-state index is 0.254. The van der Waals surface area contributed by atoms with Crippen molar-refractivity contribution in [2.45, 2.75) is 32.1 Å². The van der Waals surface area contributed by atoms with Crippen molar-refractivity contribution in [3.63, 3.8) is 0 Å². The standard InChI is InChI=1S/C19H21N3O2/c20-10-17-6-7-21-12-19(17)22-11-15-3-1-4-16(9-15)13-23-14-18-5-2-8-24-18/h1,3-4,6-7,9,12,18,22H,2,5,8,11,13-14H2. The molecule has 3 rings (SSSR count). The molecule has 0 saturated carbocycles. The van der Waals surface area contributed by atoms with Crippen LogP contribution in [0.25, 0.3) is 0 Å². The highest BCUT2D eigenvalue weighted by Gasteiger charge is 2.15. The lowest BCUT2D eigenvalue weighted by atomic mass is 10.1. The minimum absolute atomic E-state index is 0.254. The second-order valence-electron chi connectivity index (χ2n) is 5.86. The molecule has 1 aliphatic rings. The van der Waals surface area contributed by atoms with Crippen molar-refractivity contribution >= 4 is 5.69 Å². The SMILES string of the molecule is N#Cc1ccncc1NCc1cccc(COCC2CCCO2)c1. The first-order valence-corrected chi connectivity index (χ1v) is 8.20. The maximum absolute atomic E-state index is 9.10. The van der Waals surface area contributed by atoms with Gasteiger partial charge in [-0.15, -0.1) is 0 Å². The molecule has 1 N–H and O–H groups in total. The normalized spacial score (nSPS) is 16.7. The number of hydrogen-bond donors (Lipinski definition) is 1. The summed E-state index contributed by atoms with van der Waals surface area (Å²) < 4.78 is 11.3. The van der Waals surface area contributed by atoms with Crippen LogP contribution < -0.4 is 5.32 Å². The van der Waals surface area contributed by atoms with E-state index in [1.165, 1.54) is 0 Å². The monoisotopic (exact) mass is 323 g/mol. The van der Waals surface area contributed by atoms with Crippen molar-refractivity contribution in [3.8, 4) is 6.07 Å². The van der Waals surface area contributed by atoms with Gasteiger partial charge in [-0.25, -0.2) is 0 Å². The van der Waals surface area contributed by atoms with Gasteiger partial charge in [0, 0.05) is 19.3 Å². The third-order valence-corrected chi connectivity index (χ3v) is 4.01. The summed E-state index contributed by atoms with van der Waals surface area (Å²) >= 11 is 0. The predicted octanol–water partition coefficient (Wildman–Crippen LogP) is 3.26. The molecule has 1 fully saturated rings. The smallest absolute Gasteiger partial charge is 0.101 e. The zero-order valence-electron chi connectivity index (χ0n) is 13.6. The third kappa shape index (κ3) is 4.54. The fraction of sp³-hybridized carbons (Fsp3) is 0.368. The highest BCUT2D eigenvalue weighted by molar-refractivity contribution is 5.55. The Hall–Kier alpha value is -2.42. The highest BCUT2D eigenvalue weighted by atomic mass is 16.5. The van der Waals surface area contributed by atoms with Crippen LogP contribution in [0.15, 0.2) is 42.7 Å². The van der Waals surface area contributed by atoms with Gasteiger partial charge in [0.25, 0.3) is 0 Å². The van der Waals surface area contributed by atoms with Gasteiger partial charge in [-0.1, -0.05) is 24.3 Å². The van der Waals surface area contributed by atoms with Gasteiger partial charge in [0.15, 0.2) is 0 Å². The zero-order chi connectivity index (χ0) is 16.6. The van der Waals surface area contributed by atoms with Crippen LogP contribution in [0.3, 0.4) is 0 Å². The quantitative estimate of drug-likeness (QED) is 0.847. The Balaban J connectivity index is 1.52. The van der Waals surface area contributed by atoms with Gasteiger partial charge in [-0.05, 0) is 30.0 Å². The average Bonchev–Trinajstić information content (AvgIpc) is 3.14. The second-order valence-corrected chi connectivity index (χ2v) is 5.86. The summed E-state index contributed by atoms with van der Waals surface area (Å²) in [4.78, 5) is 4.06. The van der Waals surface area contributed by atoms with Gasteiger partial charge in [-0.3, -0.25) is 4.98 Å². The molecule has 1 aromatic heterocycles. The molecule has 2 aromatic rings. The lowest BCUT2D eigenvalue weighted by Gasteiger charge is -2.11. The van der Waals surface area contributed by atoms with E-state index < -0.39 is 0 Å². The summed E-state index contributed by atoms with van der Waals surface area (Å²) in [7, 11) is 0. The Morgan fingerprint density at radius 2 is 2.25 bits per heavy atom. The second kappa shape index (κ2) is 8.44. The first kappa shape index (κ1) is 16.4. The highest BCUT2D eigenvalue weighted by Crippen LogP contribution is 2.15. The van der Waals surface area contributed by atoms with E-state index in [-0.39, 0.29) is 6.10 Å². The largest absolute Gasteiger partial charge is 0.379 e. The number of nitrogens with zero attached hydrogens (tertiary/aromatic N) is 2. The van der Waals surface area contributed by atoms with E-state index in [9.17, 15) is 0 Å². The Bertz CT molecular complexity index is 706. The molecule has 0 bridgehead atoms. The fourth-order valence-corrected chi connectivity index (χ4v) is 2.74. The van der Waals surface area contributed by atoms with E-state index >= 15 is 0 Å². The molecule has 1 saturated heterocycles. The van der Waals surface area contributed by atoms with Crippen LogP contribution >= 0.6 is 0 Å². The third-order valence-electron chi connectivity index (χ3n) is 4.01. The lowest BCUT2D eigenvalue weighted by molar-refractivity contribution is 0.0106. The number of nitrogens with one attached hydrogen (secondary N) is 1. The molecule has 0 aliphatic carbocycles. The molecule has 0 amide bonds. The molecule has 0 spiro atoms. The first-order chi connectivity index (χ1) is 11.8. The summed E-state index contributed by atoms with van der Waals surface area (Å²) in [5.74, 6) is 0. The Labute approximate surface area is 142 Å². The van der Waals surface area contributed by atoms with Crippen molar-refractivity contribution < 1.29 is 9.47 Å². The summed E-state index contributed by atoms with van der Waals surface area (Å²) in [6, 6.07) is 12.1. The molecule has 1 atom stereocenters. The number of nitriles is 1. The molecule has 1 aliphatic heterocycles. The van der Waals surface area contributed by atoms with Crippen LogP contribution in [-0.4, -0.2) is 24.3 Å². The molecule has 0 radical (unpaired) electrons. The molecule has 5 nitrogen and oxygen atoms in total. The van der Waals surface area contributed by atoms with Crippen molar-refractivity contribution in [1.29, 1.82) is 5.26 Å². The summed E-state index contributed by atoms with van der Waals surface area (Å²) in [6.45, 7) is 2.74. The summed E-state index contributed by atoms with van der Waals surface area (Å²) in [6.07, 6.45) is 5.78. The first-order valence-electron chi connectivity index (χ1n) is 8.20. The van der Waals surface area contributed by atoms with Gasteiger partial charge in [0.1, 0.15) is 6.07 Å². The van der Waals surface area contributed by atoms with Crippen LogP contribution in [0.5, 0.6) is 0 Å². The van der Waals surface area contributed by atoms with Gasteiger partial charge in [-0.2, -0.15) is 5.26 Å². The Kier molecular flexibility index (Phi) is 5.78. The van der Waals surface area contributed by atoms with Crippen LogP contribution in [0.2, 0.25) is 0 Å². The number of benzene rings is 1. The van der Waals surface area contributed by atoms with Gasteiger partial charge in [0.2, 0.25) is 0 Å². The van der Waals surface area contributed by atoms with Gasteiger partial charge < -0.3 is 14.8 Å². The average molecular weight is 323 g/mol. The summed E-state index contributed by atoms with van der Waals surface area (Å²) in [5, 5.41) is 12.4. The Morgan fingerprint density at radius 3 is 3.08 bits per heavy atom. The van der Waals surface area contributed by atoms with Gasteiger partial charge >= 0.3 is 0 Å². The van der Waals surface area contributed by atoms with Crippen molar-refractivity contribution in [3.05, 3.63) is 59.4 Å². The van der Waals surface area contributed by atoms with Crippen LogP contribution in [0.4, 0.5) is 5.69 Å². The number of ether oxygens (including phenoxy) is 2. The van der Waals surface area contributed by atoms with E-state index in [0.717, 1.165) is 36.3 Å². The van der Waals surface area contributed by atoms with Gasteiger partial charge in [0.05, 0.1) is 36.8 Å². The number of anilines is 1. The van der Waals surface area contributed by atoms with E-state index in [2.05, 4.69) is 34.6 Å². The molecular weight excluding hydrogens is 302 g/mol. The molecular formula is C19H21N3O2. The van der Waals surface area contributed by atoms with Crippen LogP contribution in [-0.2, 0) is 22.6 Å². The van der Waals surface area contributed by atoms with E-state index in [0.29, 0.717) is 25.3 Å². The van der Waals surface area contributed by atoms with Crippen LogP contribution in [0, 0.1) is 11.3 Å². The molecule has 5 heteroatoms. The predicted molar refractivity (Wildman–Crippen MR) is 91.4 cm³/mol. The van der Waals surface area contributed by atoms with Crippen molar-refractivity contribution in [2.24, 2.45) is 0 Å². The number of pyridine rings is 1. The van der Waals surface area contributed by atoms with E-state index in [1.807, 2.05) is 6.07 Å². The molecule has 1 unspecified atom stereocenters. The van der Waals surface area contributed by atoms with Crippen molar-refractivity contribution in [1.82, 2.24) is 4.98 Å². The molecule has 1 aromatic carbocycles. The topological polar surface area (TPSA) is 67.2 Å².